The number of carboxylic acids is 1. The van der Waals surface area contributed by atoms with Gasteiger partial charge in [-0.3, -0.25) is 5.32 Å². The molecular weight excluding hydrogens is 222 g/mol. The van der Waals surface area contributed by atoms with E-state index in [0.29, 0.717) is 6.42 Å². The normalized spacial score (nSPS) is 27.1. The van der Waals surface area contributed by atoms with Crippen LogP contribution in [0.1, 0.15) is 33.6 Å². The number of hydrogen-bond donors (Lipinski definition) is 2. The summed E-state index contributed by atoms with van der Waals surface area (Å²) < 4.78 is 6.04. The van der Waals surface area contributed by atoms with Gasteiger partial charge in [0.1, 0.15) is 0 Å². The molecule has 1 saturated heterocycles. The average molecular weight is 245 g/mol. The Morgan fingerprint density at radius 2 is 2.00 bits per heavy atom. The summed E-state index contributed by atoms with van der Waals surface area (Å²) in [6.45, 7) is 11.2. The Hall–Kier alpha value is -0.393. The molecule has 0 aliphatic carbocycles. The van der Waals surface area contributed by atoms with Crippen LogP contribution in [-0.2, 0) is 9.22 Å². The van der Waals surface area contributed by atoms with E-state index in [0.717, 1.165) is 13.0 Å². The van der Waals surface area contributed by atoms with Crippen LogP contribution in [0.15, 0.2) is 0 Å². The molecule has 1 atom stereocenters. The summed E-state index contributed by atoms with van der Waals surface area (Å²) in [7, 11) is -2.05. The molecule has 0 spiro atoms. The minimum Gasteiger partial charge on any atom is -0.478 e. The fourth-order valence-corrected chi connectivity index (χ4v) is 3.06. The molecule has 1 rings (SSSR count). The smallest absolute Gasteiger partial charge is 0.350 e. The third-order valence-corrected chi connectivity index (χ3v) is 8.17. The number of nitrogens with one attached hydrogen (secondary N) is 1. The van der Waals surface area contributed by atoms with Crippen molar-refractivity contribution in [1.29, 1.82) is 0 Å². The lowest BCUT2D eigenvalue weighted by Crippen LogP contribution is -2.58. The van der Waals surface area contributed by atoms with Gasteiger partial charge in [-0.1, -0.05) is 20.8 Å². The number of carbonyl (C=O) groups is 1. The molecule has 2 N–H and O–H groups in total. The van der Waals surface area contributed by atoms with Gasteiger partial charge in [-0.05, 0) is 31.1 Å². The number of aliphatic carboxylic acids is 1. The molecule has 0 aromatic heterocycles. The summed E-state index contributed by atoms with van der Waals surface area (Å²) in [5, 5.41) is 12.4. The zero-order valence-corrected chi connectivity index (χ0v) is 11.9. The molecule has 0 saturated carbocycles. The van der Waals surface area contributed by atoms with Gasteiger partial charge in [0.2, 0.25) is 5.72 Å². The molecule has 0 bridgehead atoms. The van der Waals surface area contributed by atoms with Crippen LogP contribution in [0.5, 0.6) is 0 Å². The Kier molecular flexibility index (Phi) is 3.52. The zero-order valence-electron chi connectivity index (χ0n) is 10.9. The minimum atomic E-state index is -2.05. The van der Waals surface area contributed by atoms with E-state index in [-0.39, 0.29) is 5.04 Å². The van der Waals surface area contributed by atoms with Gasteiger partial charge < -0.3 is 9.53 Å². The molecule has 16 heavy (non-hydrogen) atoms. The van der Waals surface area contributed by atoms with Crippen LogP contribution in [-0.4, -0.2) is 31.7 Å². The van der Waals surface area contributed by atoms with Gasteiger partial charge >= 0.3 is 5.97 Å². The van der Waals surface area contributed by atoms with Crippen LogP contribution < -0.4 is 5.32 Å². The van der Waals surface area contributed by atoms with Gasteiger partial charge in [-0.15, -0.1) is 0 Å². The quantitative estimate of drug-likeness (QED) is 0.748. The van der Waals surface area contributed by atoms with Crippen molar-refractivity contribution < 1.29 is 14.3 Å². The van der Waals surface area contributed by atoms with Crippen molar-refractivity contribution in [3.8, 4) is 0 Å². The fraction of sp³-hybridized carbons (Fsp3) is 0.909. The highest BCUT2D eigenvalue weighted by Crippen LogP contribution is 2.40. The predicted molar refractivity (Wildman–Crippen MR) is 65.9 cm³/mol. The van der Waals surface area contributed by atoms with Crippen molar-refractivity contribution >= 4 is 14.3 Å². The average Bonchev–Trinajstić information content (AvgIpc) is 2.50. The second kappa shape index (κ2) is 4.12. The maximum absolute atomic E-state index is 11.4. The van der Waals surface area contributed by atoms with E-state index >= 15 is 0 Å². The zero-order chi connectivity index (χ0) is 12.6. The summed E-state index contributed by atoms with van der Waals surface area (Å²) in [5.74, 6) is -0.880. The molecule has 1 aliphatic heterocycles. The molecule has 94 valence electrons. The van der Waals surface area contributed by atoms with Gasteiger partial charge in [-0.2, -0.15) is 0 Å². The van der Waals surface area contributed by atoms with Crippen LogP contribution in [0, 0.1) is 0 Å². The maximum Gasteiger partial charge on any atom is 0.350 e. The highest BCUT2D eigenvalue weighted by molar-refractivity contribution is 6.74. The monoisotopic (exact) mass is 245 g/mol. The summed E-state index contributed by atoms with van der Waals surface area (Å²) in [6, 6.07) is 0. The summed E-state index contributed by atoms with van der Waals surface area (Å²) in [5.41, 5.74) is -1.14. The summed E-state index contributed by atoms with van der Waals surface area (Å²) >= 11 is 0. The molecule has 5 heteroatoms. The Morgan fingerprint density at radius 1 is 1.44 bits per heavy atom. The molecule has 0 unspecified atom stereocenters. The van der Waals surface area contributed by atoms with E-state index in [2.05, 4.69) is 39.2 Å². The Bertz CT molecular complexity index is 277. The highest BCUT2D eigenvalue weighted by atomic mass is 28.4. The summed E-state index contributed by atoms with van der Waals surface area (Å²) in [6.07, 6.45) is 1.43. The fourth-order valence-electron chi connectivity index (χ4n) is 1.62. The van der Waals surface area contributed by atoms with E-state index in [9.17, 15) is 9.90 Å². The molecule has 0 aromatic rings. The molecule has 1 fully saturated rings. The minimum absolute atomic E-state index is 0.0275. The first-order valence-corrected chi connectivity index (χ1v) is 8.70. The predicted octanol–water partition coefficient (Wildman–Crippen LogP) is 2.17. The van der Waals surface area contributed by atoms with E-state index in [1.807, 2.05) is 0 Å². The second-order valence-corrected chi connectivity index (χ2v) is 10.7. The first-order chi connectivity index (χ1) is 7.11. The van der Waals surface area contributed by atoms with Gasteiger partial charge in [0.05, 0.1) is 0 Å². The number of rotatable bonds is 3. The van der Waals surface area contributed by atoms with Crippen molar-refractivity contribution in [3.05, 3.63) is 0 Å². The lowest BCUT2D eigenvalue weighted by atomic mass is 10.2. The first kappa shape index (κ1) is 13.7. The van der Waals surface area contributed by atoms with Gasteiger partial charge in [0, 0.05) is 6.42 Å². The summed E-state index contributed by atoms with van der Waals surface area (Å²) in [4.78, 5) is 11.4. The van der Waals surface area contributed by atoms with E-state index in [4.69, 9.17) is 4.43 Å². The Balaban J connectivity index is 2.89. The van der Waals surface area contributed by atoms with Crippen LogP contribution in [0.25, 0.3) is 0 Å². The van der Waals surface area contributed by atoms with Crippen LogP contribution in [0.4, 0.5) is 0 Å². The van der Waals surface area contributed by atoms with Gasteiger partial charge in [0.15, 0.2) is 8.32 Å². The Labute approximate surface area is 98.5 Å². The van der Waals surface area contributed by atoms with Crippen LogP contribution in [0.3, 0.4) is 0 Å². The molecule has 0 radical (unpaired) electrons. The topological polar surface area (TPSA) is 58.6 Å². The first-order valence-electron chi connectivity index (χ1n) is 5.79. The third kappa shape index (κ3) is 2.47. The van der Waals surface area contributed by atoms with E-state index in [1.165, 1.54) is 0 Å². The third-order valence-electron chi connectivity index (χ3n) is 3.70. The van der Waals surface area contributed by atoms with Crippen molar-refractivity contribution in [3.63, 3.8) is 0 Å². The number of carboxylic acid groups (broad SMARTS) is 1. The van der Waals surface area contributed by atoms with Crippen molar-refractivity contribution in [2.75, 3.05) is 6.54 Å². The second-order valence-electron chi connectivity index (χ2n) is 6.02. The molecule has 1 heterocycles. The van der Waals surface area contributed by atoms with E-state index in [1.54, 1.807) is 0 Å². The maximum atomic E-state index is 11.4. The lowest BCUT2D eigenvalue weighted by Gasteiger charge is -2.42. The molecule has 0 amide bonds. The van der Waals surface area contributed by atoms with Crippen LogP contribution in [0.2, 0.25) is 18.1 Å². The molecule has 1 aliphatic rings. The van der Waals surface area contributed by atoms with Crippen molar-refractivity contribution in [2.45, 2.75) is 57.5 Å². The Morgan fingerprint density at radius 3 is 2.31 bits per heavy atom. The van der Waals surface area contributed by atoms with E-state index < -0.39 is 20.0 Å². The van der Waals surface area contributed by atoms with Crippen molar-refractivity contribution in [2.24, 2.45) is 0 Å². The number of hydrogen-bond acceptors (Lipinski definition) is 3. The van der Waals surface area contributed by atoms with Crippen LogP contribution >= 0.6 is 0 Å². The standard InChI is InChI=1S/C11H23NO3Si/c1-10(2,3)16(4,5)15-11(9(13)14)7-6-8-12-11/h12H,6-8H2,1-5H3,(H,13,14)/t11-/m1/s1. The van der Waals surface area contributed by atoms with Gasteiger partial charge in [-0.25, -0.2) is 4.79 Å². The lowest BCUT2D eigenvalue weighted by molar-refractivity contribution is -0.158. The molecule has 0 aromatic carbocycles. The largest absolute Gasteiger partial charge is 0.478 e. The van der Waals surface area contributed by atoms with Gasteiger partial charge in [0.25, 0.3) is 0 Å². The molecular formula is C11H23NO3Si. The SMILES string of the molecule is CC(C)(C)[Si](C)(C)O[C@@]1(C(=O)O)CCCN1. The highest BCUT2D eigenvalue weighted by Gasteiger charge is 2.50. The van der Waals surface area contributed by atoms with Crippen molar-refractivity contribution in [1.82, 2.24) is 5.32 Å². The molecule has 4 nitrogen and oxygen atoms in total.